The fourth-order valence-corrected chi connectivity index (χ4v) is 4.56. The highest BCUT2D eigenvalue weighted by Gasteiger charge is 2.10. The normalized spacial score (nSPS) is 11.2. The molecule has 1 N–H and O–H groups in total. The molecular formula is C20H19N3O2S2. The number of nitrogens with one attached hydrogen (secondary N) is 1. The van der Waals surface area contributed by atoms with Gasteiger partial charge in [0.05, 0.1) is 35.9 Å². The molecule has 0 aliphatic rings. The van der Waals surface area contributed by atoms with E-state index in [0.717, 1.165) is 44.9 Å². The minimum atomic E-state index is 0.762. The molecule has 0 amide bonds. The third-order valence-corrected chi connectivity index (χ3v) is 6.29. The van der Waals surface area contributed by atoms with Crippen LogP contribution in [0, 0.1) is 6.92 Å². The number of pyridine rings is 1. The zero-order valence-electron chi connectivity index (χ0n) is 15.1. The Hall–Kier alpha value is -2.38. The van der Waals surface area contributed by atoms with Crippen LogP contribution in [0.1, 0.15) is 17.0 Å². The van der Waals surface area contributed by atoms with Crippen molar-refractivity contribution in [3.8, 4) is 5.75 Å². The van der Waals surface area contributed by atoms with Gasteiger partial charge in [-0.15, -0.1) is 11.8 Å². The number of fused-ring (bicyclic) bond motifs is 1. The van der Waals surface area contributed by atoms with Gasteiger partial charge in [0, 0.05) is 22.9 Å². The molecule has 4 rings (SSSR count). The van der Waals surface area contributed by atoms with Gasteiger partial charge in [0.25, 0.3) is 0 Å². The predicted octanol–water partition coefficient (Wildman–Crippen LogP) is 5.45. The molecule has 0 unspecified atom stereocenters. The zero-order chi connectivity index (χ0) is 18.6. The minimum absolute atomic E-state index is 0.762. The second-order valence-electron chi connectivity index (χ2n) is 5.96. The lowest BCUT2D eigenvalue weighted by atomic mass is 10.2. The minimum Gasteiger partial charge on any atom is -0.497 e. The molecule has 0 bridgehead atoms. The Balaban J connectivity index is 1.45. The second kappa shape index (κ2) is 8.10. The van der Waals surface area contributed by atoms with Gasteiger partial charge < -0.3 is 14.1 Å². The van der Waals surface area contributed by atoms with Gasteiger partial charge in [-0.25, -0.2) is 4.98 Å². The molecule has 0 aliphatic carbocycles. The molecule has 7 heteroatoms. The first-order chi connectivity index (χ1) is 13.2. The number of imidazole rings is 1. The topological polar surface area (TPSA) is 63.9 Å². The molecule has 1 aromatic carbocycles. The molecule has 4 aromatic rings. The molecule has 0 fully saturated rings. The number of nitrogens with zero attached hydrogens (tertiary/aromatic N) is 2. The van der Waals surface area contributed by atoms with Gasteiger partial charge in [0.2, 0.25) is 0 Å². The Labute approximate surface area is 165 Å². The number of methoxy groups -OCH3 is 1. The van der Waals surface area contributed by atoms with E-state index in [-0.39, 0.29) is 0 Å². The average molecular weight is 398 g/mol. The van der Waals surface area contributed by atoms with Crippen LogP contribution in [0.15, 0.2) is 63.3 Å². The third kappa shape index (κ3) is 4.14. The van der Waals surface area contributed by atoms with Crippen molar-refractivity contribution in [1.82, 2.24) is 15.0 Å². The maximum absolute atomic E-state index is 5.41. The number of benzene rings is 1. The van der Waals surface area contributed by atoms with Crippen molar-refractivity contribution in [3.05, 3.63) is 65.9 Å². The highest BCUT2D eigenvalue weighted by Crippen LogP contribution is 2.30. The predicted molar refractivity (Wildman–Crippen MR) is 109 cm³/mol. The number of rotatable bonds is 7. The maximum Gasteiger partial charge on any atom is 0.166 e. The number of aromatic amines is 1. The number of H-pyrrole nitrogens is 1. The van der Waals surface area contributed by atoms with Crippen LogP contribution in [0.4, 0.5) is 0 Å². The number of hydrogen-bond donors (Lipinski definition) is 1. The summed E-state index contributed by atoms with van der Waals surface area (Å²) in [7, 11) is 1.67. The van der Waals surface area contributed by atoms with E-state index < -0.39 is 0 Å². The summed E-state index contributed by atoms with van der Waals surface area (Å²) in [6.07, 6.45) is 3.58. The van der Waals surface area contributed by atoms with E-state index in [9.17, 15) is 0 Å². The Bertz CT molecular complexity index is 1040. The molecular weight excluding hydrogens is 378 g/mol. The van der Waals surface area contributed by atoms with Crippen molar-refractivity contribution in [2.45, 2.75) is 28.5 Å². The summed E-state index contributed by atoms with van der Waals surface area (Å²) in [6, 6.07) is 11.8. The van der Waals surface area contributed by atoms with Crippen LogP contribution in [-0.4, -0.2) is 22.1 Å². The van der Waals surface area contributed by atoms with E-state index in [2.05, 4.69) is 27.9 Å². The van der Waals surface area contributed by atoms with Crippen LogP contribution >= 0.6 is 23.5 Å². The number of ether oxygens (including phenoxy) is 1. The summed E-state index contributed by atoms with van der Waals surface area (Å²) in [5.41, 5.74) is 4.19. The number of aromatic nitrogens is 3. The third-order valence-electron chi connectivity index (χ3n) is 4.22. The molecule has 0 atom stereocenters. The second-order valence-corrected chi connectivity index (χ2v) is 7.94. The Kier molecular flexibility index (Phi) is 5.40. The first-order valence-electron chi connectivity index (χ1n) is 8.49. The monoisotopic (exact) mass is 397 g/mol. The van der Waals surface area contributed by atoms with Crippen molar-refractivity contribution in [1.29, 1.82) is 0 Å². The van der Waals surface area contributed by atoms with Crippen molar-refractivity contribution in [2.75, 3.05) is 7.11 Å². The lowest BCUT2D eigenvalue weighted by Gasteiger charge is -2.09. The van der Waals surface area contributed by atoms with E-state index in [1.807, 2.05) is 36.5 Å². The number of furan rings is 1. The SMILES string of the molecule is COc1ccc2nc(SCc3nccc(SCc4ccco4)c3C)[nH]c2c1. The first-order valence-corrected chi connectivity index (χ1v) is 10.5. The Morgan fingerprint density at radius 2 is 2.07 bits per heavy atom. The van der Waals surface area contributed by atoms with Gasteiger partial charge in [-0.2, -0.15) is 0 Å². The van der Waals surface area contributed by atoms with Gasteiger partial charge in [-0.1, -0.05) is 11.8 Å². The van der Waals surface area contributed by atoms with Gasteiger partial charge in [-0.3, -0.25) is 4.98 Å². The van der Waals surface area contributed by atoms with Crippen LogP contribution in [0.25, 0.3) is 11.0 Å². The molecule has 0 spiro atoms. The molecule has 27 heavy (non-hydrogen) atoms. The molecule has 138 valence electrons. The first kappa shape index (κ1) is 18.0. The van der Waals surface area contributed by atoms with E-state index in [0.29, 0.717) is 0 Å². The van der Waals surface area contributed by atoms with Gasteiger partial charge in [0.15, 0.2) is 5.16 Å². The number of hydrogen-bond acceptors (Lipinski definition) is 6. The Morgan fingerprint density at radius 1 is 1.15 bits per heavy atom. The van der Waals surface area contributed by atoms with Crippen LogP contribution in [0.3, 0.4) is 0 Å². The van der Waals surface area contributed by atoms with E-state index >= 15 is 0 Å². The smallest absolute Gasteiger partial charge is 0.166 e. The van der Waals surface area contributed by atoms with Crippen molar-refractivity contribution >= 4 is 34.6 Å². The highest BCUT2D eigenvalue weighted by molar-refractivity contribution is 7.98. The quantitative estimate of drug-likeness (QED) is 0.418. The fourth-order valence-electron chi connectivity index (χ4n) is 2.70. The summed E-state index contributed by atoms with van der Waals surface area (Å²) < 4.78 is 10.7. The van der Waals surface area contributed by atoms with E-state index in [4.69, 9.17) is 9.15 Å². The van der Waals surface area contributed by atoms with Gasteiger partial charge >= 0.3 is 0 Å². The maximum atomic E-state index is 5.41. The van der Waals surface area contributed by atoms with Crippen LogP contribution in [0.5, 0.6) is 5.75 Å². The van der Waals surface area contributed by atoms with Gasteiger partial charge in [0.1, 0.15) is 11.5 Å². The van der Waals surface area contributed by atoms with Gasteiger partial charge in [-0.05, 0) is 42.8 Å². The molecule has 0 saturated carbocycles. The lowest BCUT2D eigenvalue weighted by Crippen LogP contribution is -1.94. The van der Waals surface area contributed by atoms with E-state index in [1.54, 1.807) is 36.9 Å². The summed E-state index contributed by atoms with van der Waals surface area (Å²) in [4.78, 5) is 13.8. The number of thioether (sulfide) groups is 2. The molecule has 5 nitrogen and oxygen atoms in total. The van der Waals surface area contributed by atoms with Crippen LogP contribution in [0.2, 0.25) is 0 Å². The lowest BCUT2D eigenvalue weighted by molar-refractivity contribution is 0.415. The summed E-state index contributed by atoms with van der Waals surface area (Å²) in [5.74, 6) is 3.37. The zero-order valence-corrected chi connectivity index (χ0v) is 16.7. The summed E-state index contributed by atoms with van der Waals surface area (Å²) in [5, 5.41) is 0.882. The summed E-state index contributed by atoms with van der Waals surface area (Å²) in [6.45, 7) is 2.12. The molecule has 0 radical (unpaired) electrons. The molecule has 3 aromatic heterocycles. The Morgan fingerprint density at radius 3 is 2.89 bits per heavy atom. The summed E-state index contributed by atoms with van der Waals surface area (Å²) >= 11 is 3.42. The fraction of sp³-hybridized carbons (Fsp3) is 0.200. The largest absolute Gasteiger partial charge is 0.497 e. The van der Waals surface area contributed by atoms with E-state index in [1.165, 1.54) is 10.5 Å². The van der Waals surface area contributed by atoms with Crippen LogP contribution in [-0.2, 0) is 11.5 Å². The van der Waals surface area contributed by atoms with Crippen molar-refractivity contribution in [2.24, 2.45) is 0 Å². The molecule has 0 aliphatic heterocycles. The highest BCUT2D eigenvalue weighted by atomic mass is 32.2. The molecule has 3 heterocycles. The molecule has 0 saturated heterocycles. The van der Waals surface area contributed by atoms with Crippen molar-refractivity contribution < 1.29 is 9.15 Å². The average Bonchev–Trinajstić information content (AvgIpc) is 3.34. The van der Waals surface area contributed by atoms with Crippen molar-refractivity contribution in [3.63, 3.8) is 0 Å². The standard InChI is InChI=1S/C20H19N3O2S2/c1-13-18(21-8-7-19(13)26-11-15-4-3-9-25-15)12-27-20-22-16-6-5-14(24-2)10-17(16)23-20/h3-10H,11-12H2,1-2H3,(H,22,23). The van der Waals surface area contributed by atoms with Crippen LogP contribution < -0.4 is 4.74 Å².